The topological polar surface area (TPSA) is 78.5 Å². The Hall–Kier alpha value is -2.37. The van der Waals surface area contributed by atoms with Crippen molar-refractivity contribution in [2.75, 3.05) is 18.4 Å². The van der Waals surface area contributed by atoms with Crippen LogP contribution in [-0.2, 0) is 9.59 Å². The number of aryl methyl sites for hydroxylation is 1. The predicted molar refractivity (Wildman–Crippen MR) is 114 cm³/mol. The molecule has 1 aliphatic carbocycles. The number of amides is 3. The Bertz CT molecular complexity index is 769. The van der Waals surface area contributed by atoms with Gasteiger partial charge in [-0.05, 0) is 43.4 Å². The van der Waals surface area contributed by atoms with E-state index in [0.717, 1.165) is 24.9 Å². The van der Waals surface area contributed by atoms with E-state index < -0.39 is 0 Å². The highest BCUT2D eigenvalue weighted by atomic mass is 16.2. The minimum absolute atomic E-state index is 0.0443. The van der Waals surface area contributed by atoms with Crippen LogP contribution in [0.3, 0.4) is 0 Å². The Labute approximate surface area is 173 Å². The third-order valence-electron chi connectivity index (χ3n) is 5.92. The number of hydrogen-bond acceptors (Lipinski definition) is 3. The quantitative estimate of drug-likeness (QED) is 0.737. The predicted octanol–water partition coefficient (Wildman–Crippen LogP) is 3.50. The molecule has 3 amide bonds. The summed E-state index contributed by atoms with van der Waals surface area (Å²) in [5.74, 6) is 0.456. The maximum absolute atomic E-state index is 12.6. The standard InChI is InChI=1S/C23H33N3O3/c1-15(2)10-21(27)25-20-12-18(9-8-16(20)3)23(29)24-13-17-11-22(28)26(14-17)19-6-4-5-7-19/h8-9,12,15,17,19H,4-7,10-11,13-14H2,1-3H3,(H,24,29)(H,25,27). The molecule has 1 heterocycles. The van der Waals surface area contributed by atoms with Crippen molar-refractivity contribution in [3.63, 3.8) is 0 Å². The molecule has 0 radical (unpaired) electrons. The number of nitrogens with zero attached hydrogens (tertiary/aromatic N) is 1. The second-order valence-electron chi connectivity index (χ2n) is 8.94. The SMILES string of the molecule is Cc1ccc(C(=O)NCC2CC(=O)N(C3CCCC3)C2)cc1NC(=O)CC(C)C. The van der Waals surface area contributed by atoms with Gasteiger partial charge in [0.15, 0.2) is 0 Å². The van der Waals surface area contributed by atoms with Gasteiger partial charge in [0.05, 0.1) is 0 Å². The van der Waals surface area contributed by atoms with Crippen molar-refractivity contribution in [1.82, 2.24) is 10.2 Å². The highest BCUT2D eigenvalue weighted by Crippen LogP contribution is 2.29. The van der Waals surface area contributed by atoms with Crippen LogP contribution >= 0.6 is 0 Å². The summed E-state index contributed by atoms with van der Waals surface area (Å²) < 4.78 is 0. The summed E-state index contributed by atoms with van der Waals surface area (Å²) >= 11 is 0. The van der Waals surface area contributed by atoms with Crippen LogP contribution in [-0.4, -0.2) is 41.8 Å². The number of benzene rings is 1. The Balaban J connectivity index is 1.55. The molecule has 6 nitrogen and oxygen atoms in total. The molecule has 1 atom stereocenters. The molecule has 1 aliphatic heterocycles. The summed E-state index contributed by atoms with van der Waals surface area (Å²) in [4.78, 5) is 39.0. The van der Waals surface area contributed by atoms with Crippen LogP contribution in [0.2, 0.25) is 0 Å². The van der Waals surface area contributed by atoms with E-state index in [-0.39, 0.29) is 29.6 Å². The average molecular weight is 400 g/mol. The van der Waals surface area contributed by atoms with Crippen molar-refractivity contribution in [1.29, 1.82) is 0 Å². The van der Waals surface area contributed by atoms with E-state index >= 15 is 0 Å². The number of nitrogens with one attached hydrogen (secondary N) is 2. The molecule has 0 aromatic heterocycles. The number of likely N-dealkylation sites (tertiary alicyclic amines) is 1. The van der Waals surface area contributed by atoms with Crippen molar-refractivity contribution in [3.8, 4) is 0 Å². The number of carbonyl (C=O) groups is 3. The van der Waals surface area contributed by atoms with Gasteiger partial charge in [-0.2, -0.15) is 0 Å². The number of rotatable bonds is 7. The first kappa shape index (κ1) is 21.3. The van der Waals surface area contributed by atoms with Crippen molar-refractivity contribution >= 4 is 23.4 Å². The molecule has 0 spiro atoms. The largest absolute Gasteiger partial charge is 0.352 e. The van der Waals surface area contributed by atoms with Crippen molar-refractivity contribution in [2.45, 2.75) is 65.3 Å². The molecule has 1 saturated heterocycles. The third-order valence-corrected chi connectivity index (χ3v) is 5.92. The van der Waals surface area contributed by atoms with Crippen molar-refractivity contribution < 1.29 is 14.4 Å². The molecule has 6 heteroatoms. The molecule has 1 aromatic rings. The fourth-order valence-corrected chi connectivity index (χ4v) is 4.32. The molecule has 1 unspecified atom stereocenters. The van der Waals surface area contributed by atoms with Crippen molar-refractivity contribution in [3.05, 3.63) is 29.3 Å². The summed E-state index contributed by atoms with van der Waals surface area (Å²) in [5.41, 5.74) is 2.12. The third kappa shape index (κ3) is 5.58. The lowest BCUT2D eigenvalue weighted by Crippen LogP contribution is -2.36. The molecule has 1 saturated carbocycles. The van der Waals surface area contributed by atoms with Gasteiger partial charge >= 0.3 is 0 Å². The molecule has 2 aliphatic rings. The Kier molecular flexibility index (Phi) is 6.93. The van der Waals surface area contributed by atoms with Gasteiger partial charge in [0, 0.05) is 49.1 Å². The second-order valence-corrected chi connectivity index (χ2v) is 8.94. The normalized spacial score (nSPS) is 19.8. The zero-order valence-electron chi connectivity index (χ0n) is 17.8. The van der Waals surface area contributed by atoms with E-state index in [1.54, 1.807) is 12.1 Å². The molecule has 1 aromatic carbocycles. The van der Waals surface area contributed by atoms with Gasteiger partial charge in [-0.15, -0.1) is 0 Å². The van der Waals surface area contributed by atoms with E-state index in [1.807, 2.05) is 31.7 Å². The summed E-state index contributed by atoms with van der Waals surface area (Å²) in [6, 6.07) is 5.75. The maximum atomic E-state index is 12.6. The molecule has 29 heavy (non-hydrogen) atoms. The lowest BCUT2D eigenvalue weighted by molar-refractivity contribution is -0.129. The molecule has 0 bridgehead atoms. The minimum atomic E-state index is -0.170. The molecular formula is C23H33N3O3. The summed E-state index contributed by atoms with van der Waals surface area (Å²) in [7, 11) is 0. The molecule has 2 N–H and O–H groups in total. The van der Waals surface area contributed by atoms with E-state index in [9.17, 15) is 14.4 Å². The lowest BCUT2D eigenvalue weighted by Gasteiger charge is -2.24. The van der Waals surface area contributed by atoms with Crippen LogP contribution < -0.4 is 10.6 Å². The monoisotopic (exact) mass is 399 g/mol. The molecule has 3 rings (SSSR count). The summed E-state index contributed by atoms with van der Waals surface area (Å²) in [6.07, 6.45) is 5.60. The minimum Gasteiger partial charge on any atom is -0.352 e. The van der Waals surface area contributed by atoms with Gasteiger partial charge in [-0.1, -0.05) is 32.8 Å². The van der Waals surface area contributed by atoms with Crippen LogP contribution in [0.15, 0.2) is 18.2 Å². The fourth-order valence-electron chi connectivity index (χ4n) is 4.32. The van der Waals surface area contributed by atoms with Crippen LogP contribution in [0, 0.1) is 18.8 Å². The number of hydrogen-bond donors (Lipinski definition) is 2. The second kappa shape index (κ2) is 9.42. The summed E-state index contributed by atoms with van der Waals surface area (Å²) in [5, 5.41) is 5.88. The van der Waals surface area contributed by atoms with Gasteiger partial charge in [0.1, 0.15) is 0 Å². The van der Waals surface area contributed by atoms with Crippen LogP contribution in [0.5, 0.6) is 0 Å². The van der Waals surface area contributed by atoms with Gasteiger partial charge in [-0.25, -0.2) is 0 Å². The Morgan fingerprint density at radius 1 is 1.21 bits per heavy atom. The van der Waals surface area contributed by atoms with Gasteiger partial charge in [0.2, 0.25) is 11.8 Å². The fraction of sp³-hybridized carbons (Fsp3) is 0.609. The highest BCUT2D eigenvalue weighted by Gasteiger charge is 2.35. The lowest BCUT2D eigenvalue weighted by atomic mass is 10.1. The zero-order chi connectivity index (χ0) is 21.0. The number of carbonyl (C=O) groups excluding carboxylic acids is 3. The molecule has 2 fully saturated rings. The maximum Gasteiger partial charge on any atom is 0.251 e. The van der Waals surface area contributed by atoms with Crippen molar-refractivity contribution in [2.24, 2.45) is 11.8 Å². The van der Waals surface area contributed by atoms with E-state index in [1.165, 1.54) is 12.8 Å². The first-order valence-electron chi connectivity index (χ1n) is 10.8. The number of anilines is 1. The Morgan fingerprint density at radius 3 is 2.62 bits per heavy atom. The van der Waals surface area contributed by atoms with Gasteiger partial charge in [0.25, 0.3) is 5.91 Å². The van der Waals surface area contributed by atoms with E-state index in [4.69, 9.17) is 0 Å². The highest BCUT2D eigenvalue weighted by molar-refractivity contribution is 5.97. The zero-order valence-corrected chi connectivity index (χ0v) is 17.8. The Morgan fingerprint density at radius 2 is 1.93 bits per heavy atom. The summed E-state index contributed by atoms with van der Waals surface area (Å²) in [6.45, 7) is 7.15. The van der Waals surface area contributed by atoms with Crippen LogP contribution in [0.25, 0.3) is 0 Å². The first-order valence-corrected chi connectivity index (χ1v) is 10.8. The molecule has 158 valence electrons. The van der Waals surface area contributed by atoms with Gasteiger partial charge < -0.3 is 15.5 Å². The first-order chi connectivity index (χ1) is 13.8. The van der Waals surface area contributed by atoms with E-state index in [0.29, 0.717) is 36.7 Å². The average Bonchev–Trinajstić information content (AvgIpc) is 3.30. The van der Waals surface area contributed by atoms with Crippen LogP contribution in [0.4, 0.5) is 5.69 Å². The smallest absolute Gasteiger partial charge is 0.251 e. The van der Waals surface area contributed by atoms with Crippen LogP contribution in [0.1, 0.15) is 68.3 Å². The van der Waals surface area contributed by atoms with E-state index in [2.05, 4.69) is 10.6 Å². The molecular weight excluding hydrogens is 366 g/mol. The van der Waals surface area contributed by atoms with Gasteiger partial charge in [-0.3, -0.25) is 14.4 Å².